The van der Waals surface area contributed by atoms with Crippen molar-refractivity contribution >= 4 is 6.08 Å². The Bertz CT molecular complexity index is 448. The van der Waals surface area contributed by atoms with Gasteiger partial charge in [-0.15, -0.1) is 24.4 Å². The number of hydrogen-bond donors (Lipinski definition) is 0. The molecule has 30 heavy (non-hydrogen) atoms. The number of nitrogens with zero attached hydrogens (tertiary/aromatic N) is 1. The molecule has 0 amide bonds. The third-order valence-electron chi connectivity index (χ3n) is 1.25. The first-order valence-corrected chi connectivity index (χ1v) is 8.93. The SMILES string of the molecule is CC(C)[O-].CC(C)[O-].CC(C)[O-].CC(C)[O-].[Nb+5].[O-]/C(=C\c1ccccn1)C(F)(F)F. The molecule has 1 heterocycles. The molecule has 0 aliphatic rings. The summed E-state index contributed by atoms with van der Waals surface area (Å²) in [4.78, 5) is 3.56. The second-order valence-corrected chi connectivity index (χ2v) is 6.46. The molecule has 0 aliphatic carbocycles. The quantitative estimate of drug-likeness (QED) is 0.391. The molecule has 0 spiro atoms. The van der Waals surface area contributed by atoms with Crippen molar-refractivity contribution in [1.29, 1.82) is 0 Å². The molecule has 0 saturated heterocycles. The zero-order valence-corrected chi connectivity index (χ0v) is 21.0. The number of alkyl halides is 3. The Kier molecular flexibility index (Phi) is 32.1. The van der Waals surface area contributed by atoms with E-state index in [9.17, 15) is 38.7 Å². The normalized spacial score (nSPS) is 10.4. The average Bonchev–Trinajstić information content (AvgIpc) is 2.44. The van der Waals surface area contributed by atoms with Gasteiger partial charge < -0.3 is 25.5 Å². The van der Waals surface area contributed by atoms with E-state index in [1.807, 2.05) is 0 Å². The molecule has 0 N–H and O–H groups in total. The molecule has 0 atom stereocenters. The Morgan fingerprint density at radius 3 is 1.30 bits per heavy atom. The van der Waals surface area contributed by atoms with Crippen LogP contribution in [0.25, 0.3) is 6.08 Å². The predicted molar refractivity (Wildman–Crippen MR) is 98.8 cm³/mol. The summed E-state index contributed by atoms with van der Waals surface area (Å²) >= 11 is 0. The fourth-order valence-electron chi connectivity index (χ4n) is 0.677. The maximum atomic E-state index is 11.7. The summed E-state index contributed by atoms with van der Waals surface area (Å²) in [6.45, 7) is 12.9. The van der Waals surface area contributed by atoms with Crippen molar-refractivity contribution in [2.24, 2.45) is 0 Å². The first-order valence-electron chi connectivity index (χ1n) is 8.93. The second-order valence-electron chi connectivity index (χ2n) is 6.46. The minimum Gasteiger partial charge on any atom is -0.869 e. The van der Waals surface area contributed by atoms with E-state index < -0.39 is 36.4 Å². The summed E-state index contributed by atoms with van der Waals surface area (Å²) in [5.74, 6) is -1.90. The molecule has 10 heteroatoms. The van der Waals surface area contributed by atoms with Gasteiger partial charge in [-0.25, -0.2) is 0 Å². The van der Waals surface area contributed by atoms with Crippen molar-refractivity contribution in [2.45, 2.75) is 86.0 Å². The van der Waals surface area contributed by atoms with E-state index in [4.69, 9.17) is 0 Å². The van der Waals surface area contributed by atoms with Gasteiger partial charge in [-0.3, -0.25) is 4.98 Å². The van der Waals surface area contributed by atoms with Crippen LogP contribution in [0.5, 0.6) is 0 Å². The third-order valence-corrected chi connectivity index (χ3v) is 1.25. The first-order chi connectivity index (χ1) is 12.9. The Morgan fingerprint density at radius 2 is 1.10 bits per heavy atom. The van der Waals surface area contributed by atoms with Crippen LogP contribution in [0.4, 0.5) is 13.2 Å². The fourth-order valence-corrected chi connectivity index (χ4v) is 0.677. The minimum absolute atomic E-state index is 0. The van der Waals surface area contributed by atoms with E-state index in [1.165, 1.54) is 18.3 Å². The van der Waals surface area contributed by atoms with Crippen LogP contribution in [0.15, 0.2) is 30.2 Å². The Morgan fingerprint density at radius 1 is 0.800 bits per heavy atom. The van der Waals surface area contributed by atoms with Gasteiger partial charge in [-0.2, -0.15) is 13.2 Å². The molecule has 1 aromatic rings. The van der Waals surface area contributed by atoms with Gasteiger partial charge >= 0.3 is 28.6 Å². The van der Waals surface area contributed by atoms with Crippen molar-refractivity contribution in [3.8, 4) is 0 Å². The van der Waals surface area contributed by atoms with Crippen LogP contribution in [0.3, 0.4) is 0 Å². The van der Waals surface area contributed by atoms with Crippen molar-refractivity contribution in [2.75, 3.05) is 0 Å². The molecular weight excluding hydrogens is 484 g/mol. The van der Waals surface area contributed by atoms with Crippen LogP contribution in [-0.2, 0) is 22.4 Å². The Labute approximate surface area is 194 Å². The molecule has 1 aromatic heterocycles. The topological polar surface area (TPSA) is 128 Å². The number of hydrogen-bond acceptors (Lipinski definition) is 6. The molecule has 0 bridgehead atoms. The molecular formula is C20H33F3NNbO5. The van der Waals surface area contributed by atoms with Gasteiger partial charge in [0.05, 0.1) is 5.69 Å². The maximum Gasteiger partial charge on any atom is 5.00 e. The van der Waals surface area contributed by atoms with E-state index in [2.05, 4.69) is 4.98 Å². The van der Waals surface area contributed by atoms with E-state index in [1.54, 1.807) is 61.5 Å². The van der Waals surface area contributed by atoms with E-state index in [0.29, 0.717) is 6.08 Å². The molecule has 1 rings (SSSR count). The zero-order valence-electron chi connectivity index (χ0n) is 18.8. The Hall–Kier alpha value is -0.940. The molecule has 0 radical (unpaired) electrons. The van der Waals surface area contributed by atoms with Crippen molar-refractivity contribution in [1.82, 2.24) is 4.98 Å². The predicted octanol–water partition coefficient (Wildman–Crippen LogP) is 0.363. The van der Waals surface area contributed by atoms with Gasteiger partial charge in [0.25, 0.3) is 0 Å². The second kappa shape index (κ2) is 24.3. The monoisotopic (exact) mass is 517 g/mol. The van der Waals surface area contributed by atoms with Gasteiger partial charge in [0.15, 0.2) is 0 Å². The van der Waals surface area contributed by atoms with Crippen LogP contribution < -0.4 is 25.5 Å². The van der Waals surface area contributed by atoms with Gasteiger partial charge in [-0.05, 0) is 24.0 Å². The molecule has 6 nitrogen and oxygen atoms in total. The molecule has 0 unspecified atom stereocenters. The average molecular weight is 517 g/mol. The fraction of sp³-hybridized carbons (Fsp3) is 0.650. The summed E-state index contributed by atoms with van der Waals surface area (Å²) in [5.41, 5.74) is 0.00447. The molecule has 0 aromatic carbocycles. The molecule has 0 saturated carbocycles. The maximum absolute atomic E-state index is 11.7. The summed E-state index contributed by atoms with van der Waals surface area (Å²) in [6.07, 6.45) is -4.72. The first kappa shape index (κ1) is 39.5. The van der Waals surface area contributed by atoms with Crippen molar-refractivity contribution < 1.29 is 61.1 Å². The standard InChI is InChI=1S/C8H6F3NO.4C3H7O.Nb/c9-8(10,11)7(13)5-6-3-1-2-4-12-6;4*1-3(2)4;/h1-5,13H;4*3H,1-2H3;/q;4*-1;+5/p-1/b7-5-;;;;;. The minimum atomic E-state index is -4.82. The van der Waals surface area contributed by atoms with E-state index in [-0.39, 0.29) is 28.1 Å². The molecule has 0 aliphatic heterocycles. The van der Waals surface area contributed by atoms with E-state index in [0.717, 1.165) is 0 Å². The van der Waals surface area contributed by atoms with Gasteiger partial charge in [-0.1, -0.05) is 61.5 Å². The Balaban J connectivity index is -0.000000102. The van der Waals surface area contributed by atoms with Crippen molar-refractivity contribution in [3.05, 3.63) is 35.8 Å². The largest absolute Gasteiger partial charge is 5.00 e. The van der Waals surface area contributed by atoms with Gasteiger partial charge in [0, 0.05) is 6.20 Å². The van der Waals surface area contributed by atoms with Crippen LogP contribution >= 0.6 is 0 Å². The van der Waals surface area contributed by atoms with Gasteiger partial charge in [0.2, 0.25) is 0 Å². The number of aromatic nitrogens is 1. The zero-order chi connectivity index (χ0) is 24.2. The van der Waals surface area contributed by atoms with E-state index >= 15 is 0 Å². The smallest absolute Gasteiger partial charge is 0.869 e. The molecule has 0 fully saturated rings. The van der Waals surface area contributed by atoms with Crippen LogP contribution in [0.1, 0.15) is 61.1 Å². The summed E-state index contributed by atoms with van der Waals surface area (Å²) in [6, 6.07) is 4.38. The van der Waals surface area contributed by atoms with Crippen molar-refractivity contribution in [3.63, 3.8) is 0 Å². The third kappa shape index (κ3) is 63.1. The number of rotatable bonds is 1. The number of halogens is 3. The number of allylic oxidation sites excluding steroid dienone is 1. The number of pyridine rings is 1. The molecule has 174 valence electrons. The van der Waals surface area contributed by atoms with Crippen LogP contribution in [0.2, 0.25) is 0 Å². The summed E-state index contributed by atoms with van der Waals surface area (Å²) in [7, 11) is 0. The van der Waals surface area contributed by atoms with Gasteiger partial charge in [0.1, 0.15) is 0 Å². The summed E-state index contributed by atoms with van der Waals surface area (Å²) in [5, 5.41) is 48.5. The van der Waals surface area contributed by atoms with Crippen LogP contribution in [-0.4, -0.2) is 35.6 Å². The van der Waals surface area contributed by atoms with Crippen LogP contribution in [0, 0.1) is 0 Å². The summed E-state index contributed by atoms with van der Waals surface area (Å²) < 4.78 is 35.2.